The molecule has 0 aromatic heterocycles. The van der Waals surface area contributed by atoms with Crippen molar-refractivity contribution in [2.24, 2.45) is 17.4 Å². The topological polar surface area (TPSA) is 52.0 Å². The van der Waals surface area contributed by atoms with E-state index in [4.69, 9.17) is 11.5 Å². The van der Waals surface area contributed by atoms with Crippen molar-refractivity contribution >= 4 is 0 Å². The molecule has 10 heavy (non-hydrogen) atoms. The van der Waals surface area contributed by atoms with Crippen molar-refractivity contribution in [3.05, 3.63) is 0 Å². The second-order valence-electron chi connectivity index (χ2n) is 3.57. The predicted octanol–water partition coefficient (Wildman–Crippen LogP) is 0.853. The molecule has 60 valence electrons. The van der Waals surface area contributed by atoms with E-state index in [9.17, 15) is 0 Å². The second kappa shape index (κ2) is 2.89. The van der Waals surface area contributed by atoms with E-state index in [-0.39, 0.29) is 5.54 Å². The zero-order chi connectivity index (χ0) is 7.61. The molecule has 0 aromatic rings. The van der Waals surface area contributed by atoms with Gasteiger partial charge in [0.1, 0.15) is 0 Å². The summed E-state index contributed by atoms with van der Waals surface area (Å²) in [6.45, 7) is 2.99. The minimum Gasteiger partial charge on any atom is -0.330 e. The maximum Gasteiger partial charge on any atom is 0.0180 e. The molecule has 0 aromatic carbocycles. The van der Waals surface area contributed by atoms with Crippen LogP contribution in [-0.4, -0.2) is 12.1 Å². The smallest absolute Gasteiger partial charge is 0.0180 e. The summed E-state index contributed by atoms with van der Waals surface area (Å²) >= 11 is 0. The third kappa shape index (κ3) is 1.32. The van der Waals surface area contributed by atoms with Crippen LogP contribution in [-0.2, 0) is 0 Å². The molecule has 1 rings (SSSR count). The largest absolute Gasteiger partial charge is 0.330 e. The highest BCUT2D eigenvalue weighted by molar-refractivity contribution is 4.96. The molecule has 1 atom stereocenters. The van der Waals surface area contributed by atoms with Crippen molar-refractivity contribution in [1.29, 1.82) is 0 Å². The Morgan fingerprint density at radius 1 is 1.50 bits per heavy atom. The van der Waals surface area contributed by atoms with E-state index in [0.29, 0.717) is 5.92 Å². The Labute approximate surface area is 63.0 Å². The maximum absolute atomic E-state index is 6.08. The molecule has 1 unspecified atom stereocenters. The molecule has 0 aliphatic heterocycles. The molecule has 4 N–H and O–H groups in total. The van der Waals surface area contributed by atoms with E-state index in [1.165, 1.54) is 19.3 Å². The van der Waals surface area contributed by atoms with E-state index in [1.807, 2.05) is 0 Å². The Kier molecular flexibility index (Phi) is 2.32. The molecule has 1 aliphatic carbocycles. The maximum atomic E-state index is 6.08. The summed E-state index contributed by atoms with van der Waals surface area (Å²) in [5.41, 5.74) is 11.7. The average Bonchev–Trinajstić information content (AvgIpc) is 1.83. The zero-order valence-corrected chi connectivity index (χ0v) is 6.77. The van der Waals surface area contributed by atoms with Gasteiger partial charge in [-0.1, -0.05) is 6.92 Å². The summed E-state index contributed by atoms with van der Waals surface area (Å²) in [6, 6.07) is 0. The van der Waals surface area contributed by atoms with Gasteiger partial charge in [0.05, 0.1) is 0 Å². The Morgan fingerprint density at radius 3 is 2.40 bits per heavy atom. The van der Waals surface area contributed by atoms with Crippen molar-refractivity contribution in [1.82, 2.24) is 0 Å². The first kappa shape index (κ1) is 8.02. The monoisotopic (exact) mass is 142 g/mol. The van der Waals surface area contributed by atoms with Crippen LogP contribution in [0.5, 0.6) is 0 Å². The summed E-state index contributed by atoms with van der Waals surface area (Å²) in [5, 5.41) is 0. The molecule has 0 amide bonds. The van der Waals surface area contributed by atoms with E-state index >= 15 is 0 Å². The van der Waals surface area contributed by atoms with Gasteiger partial charge in [-0.2, -0.15) is 0 Å². The van der Waals surface area contributed by atoms with E-state index in [2.05, 4.69) is 6.92 Å². The first-order chi connectivity index (χ1) is 4.69. The molecular weight excluding hydrogens is 124 g/mol. The van der Waals surface area contributed by atoms with Crippen LogP contribution in [0.1, 0.15) is 32.6 Å². The van der Waals surface area contributed by atoms with Gasteiger partial charge in [-0.05, 0) is 38.1 Å². The van der Waals surface area contributed by atoms with Crippen LogP contribution in [0.4, 0.5) is 0 Å². The summed E-state index contributed by atoms with van der Waals surface area (Å²) in [7, 11) is 0. The van der Waals surface area contributed by atoms with Crippen LogP contribution in [0.25, 0.3) is 0 Å². The third-order valence-corrected chi connectivity index (χ3v) is 2.87. The summed E-state index contributed by atoms with van der Waals surface area (Å²) in [6.07, 6.45) is 4.80. The van der Waals surface area contributed by atoms with Crippen LogP contribution in [0.2, 0.25) is 0 Å². The second-order valence-corrected chi connectivity index (χ2v) is 3.57. The highest BCUT2D eigenvalue weighted by atomic mass is 14.8. The lowest BCUT2D eigenvalue weighted by Crippen LogP contribution is -2.52. The first-order valence-electron chi connectivity index (χ1n) is 4.18. The number of hydrogen-bond acceptors (Lipinski definition) is 2. The van der Waals surface area contributed by atoms with Crippen LogP contribution in [0, 0.1) is 5.92 Å². The molecule has 2 heteroatoms. The highest BCUT2D eigenvalue weighted by Gasteiger charge is 2.36. The quantitative estimate of drug-likeness (QED) is 0.614. The molecule has 2 nitrogen and oxygen atoms in total. The number of hydrogen-bond donors (Lipinski definition) is 2. The van der Waals surface area contributed by atoms with Gasteiger partial charge in [0.25, 0.3) is 0 Å². The molecular formula is C8H18N2. The van der Waals surface area contributed by atoms with Crippen molar-refractivity contribution in [2.75, 3.05) is 6.54 Å². The molecule has 0 saturated heterocycles. The normalized spacial score (nSPS) is 25.5. The van der Waals surface area contributed by atoms with Crippen LogP contribution in [0.15, 0.2) is 0 Å². The fraction of sp³-hybridized carbons (Fsp3) is 1.00. The van der Waals surface area contributed by atoms with Gasteiger partial charge in [0, 0.05) is 5.54 Å². The van der Waals surface area contributed by atoms with Crippen molar-refractivity contribution < 1.29 is 0 Å². The van der Waals surface area contributed by atoms with Gasteiger partial charge >= 0.3 is 0 Å². The lowest BCUT2D eigenvalue weighted by atomic mass is 9.68. The third-order valence-electron chi connectivity index (χ3n) is 2.87. The molecule has 0 bridgehead atoms. The fourth-order valence-electron chi connectivity index (χ4n) is 1.62. The van der Waals surface area contributed by atoms with Gasteiger partial charge in [-0.3, -0.25) is 0 Å². The minimum absolute atomic E-state index is 0.152. The predicted molar refractivity (Wildman–Crippen MR) is 43.6 cm³/mol. The zero-order valence-electron chi connectivity index (χ0n) is 6.77. The Morgan fingerprint density at radius 2 is 2.10 bits per heavy atom. The highest BCUT2D eigenvalue weighted by Crippen LogP contribution is 2.36. The van der Waals surface area contributed by atoms with Crippen LogP contribution < -0.4 is 11.5 Å². The summed E-state index contributed by atoms with van der Waals surface area (Å²) < 4.78 is 0. The molecule has 1 saturated carbocycles. The number of nitrogens with two attached hydrogens (primary N) is 2. The number of rotatable bonds is 3. The Bertz CT molecular complexity index is 108. The van der Waals surface area contributed by atoms with E-state index < -0.39 is 0 Å². The molecule has 1 fully saturated rings. The lowest BCUT2D eigenvalue weighted by Gasteiger charge is -2.43. The minimum atomic E-state index is 0.152. The Hall–Kier alpha value is -0.0800. The van der Waals surface area contributed by atoms with Crippen molar-refractivity contribution in [3.63, 3.8) is 0 Å². The van der Waals surface area contributed by atoms with Crippen molar-refractivity contribution in [3.8, 4) is 0 Å². The van der Waals surface area contributed by atoms with E-state index in [0.717, 1.165) is 13.0 Å². The molecule has 1 aliphatic rings. The van der Waals surface area contributed by atoms with Gasteiger partial charge in [0.2, 0.25) is 0 Å². The van der Waals surface area contributed by atoms with Crippen molar-refractivity contribution in [2.45, 2.75) is 38.1 Å². The summed E-state index contributed by atoms with van der Waals surface area (Å²) in [4.78, 5) is 0. The molecule has 0 spiro atoms. The lowest BCUT2D eigenvalue weighted by molar-refractivity contribution is 0.158. The van der Waals surface area contributed by atoms with Gasteiger partial charge in [0.15, 0.2) is 0 Å². The van der Waals surface area contributed by atoms with Gasteiger partial charge in [-0.15, -0.1) is 0 Å². The molecule has 0 heterocycles. The van der Waals surface area contributed by atoms with Crippen LogP contribution >= 0.6 is 0 Å². The Balaban J connectivity index is 2.31. The van der Waals surface area contributed by atoms with Gasteiger partial charge < -0.3 is 11.5 Å². The summed E-state index contributed by atoms with van der Waals surface area (Å²) in [5.74, 6) is 0.617. The standard InChI is InChI=1S/C8H18N2/c1-7(3-6-9)8(10)4-2-5-8/h7H,2-6,9-10H2,1H3. The fourth-order valence-corrected chi connectivity index (χ4v) is 1.62. The van der Waals surface area contributed by atoms with Gasteiger partial charge in [-0.25, -0.2) is 0 Å². The molecule has 0 radical (unpaired) electrons. The SMILES string of the molecule is CC(CCN)C1(N)CCC1. The average molecular weight is 142 g/mol. The first-order valence-corrected chi connectivity index (χ1v) is 4.18. The van der Waals surface area contributed by atoms with E-state index in [1.54, 1.807) is 0 Å². The van der Waals surface area contributed by atoms with Crippen LogP contribution in [0.3, 0.4) is 0 Å².